The van der Waals surface area contributed by atoms with E-state index in [0.717, 1.165) is 11.5 Å². The molecule has 5 heteroatoms. The summed E-state index contributed by atoms with van der Waals surface area (Å²) in [5.41, 5.74) is 5.80. The number of hydrogen-bond acceptors (Lipinski definition) is 4. The Hall–Kier alpha value is -0.970. The number of primary amides is 1. The molecule has 1 rings (SSSR count). The Morgan fingerprint density at radius 1 is 1.67 bits per heavy atom. The molecular weight excluding hydrogens is 176 g/mol. The number of oxazole rings is 1. The van der Waals surface area contributed by atoms with Crippen molar-refractivity contribution in [3.8, 4) is 0 Å². The normalized spacial score (nSPS) is 10.2. The maximum atomic E-state index is 10.4. The summed E-state index contributed by atoms with van der Waals surface area (Å²) in [6.45, 7) is 3.68. The fourth-order valence-electron chi connectivity index (χ4n) is 0.638. The van der Waals surface area contributed by atoms with Gasteiger partial charge in [-0.3, -0.25) is 4.79 Å². The van der Waals surface area contributed by atoms with Crippen LogP contribution >= 0.6 is 11.8 Å². The van der Waals surface area contributed by atoms with Crippen LogP contribution in [0.15, 0.2) is 9.64 Å². The summed E-state index contributed by atoms with van der Waals surface area (Å²) >= 11 is 1.21. The summed E-state index contributed by atoms with van der Waals surface area (Å²) in [5.74, 6) is 0.620. The molecule has 0 saturated carbocycles. The first kappa shape index (κ1) is 9.12. The lowest BCUT2D eigenvalue weighted by Crippen LogP contribution is -2.12. The fraction of sp³-hybridized carbons (Fsp3) is 0.429. The van der Waals surface area contributed by atoms with E-state index in [1.54, 1.807) is 0 Å². The molecule has 0 bridgehead atoms. The molecule has 4 nitrogen and oxygen atoms in total. The van der Waals surface area contributed by atoms with Crippen LogP contribution < -0.4 is 5.73 Å². The van der Waals surface area contributed by atoms with Crippen LogP contribution in [0.5, 0.6) is 0 Å². The van der Waals surface area contributed by atoms with Crippen molar-refractivity contribution in [1.82, 2.24) is 4.98 Å². The topological polar surface area (TPSA) is 69.1 Å². The highest BCUT2D eigenvalue weighted by Gasteiger charge is 2.06. The van der Waals surface area contributed by atoms with Gasteiger partial charge in [-0.2, -0.15) is 0 Å². The van der Waals surface area contributed by atoms with Crippen LogP contribution in [-0.4, -0.2) is 16.6 Å². The first-order chi connectivity index (χ1) is 5.59. The molecule has 0 unspecified atom stereocenters. The van der Waals surface area contributed by atoms with E-state index >= 15 is 0 Å². The van der Waals surface area contributed by atoms with Gasteiger partial charge >= 0.3 is 0 Å². The number of carbonyl (C=O) groups is 1. The van der Waals surface area contributed by atoms with Gasteiger partial charge < -0.3 is 10.2 Å². The van der Waals surface area contributed by atoms with Crippen molar-refractivity contribution in [2.45, 2.75) is 19.1 Å². The lowest BCUT2D eigenvalue weighted by atomic mass is 10.4. The largest absolute Gasteiger partial charge is 0.437 e. The first-order valence-corrected chi connectivity index (χ1v) is 4.43. The molecule has 1 aromatic heterocycles. The Bertz CT molecular complexity index is 276. The maximum absolute atomic E-state index is 10.4. The zero-order valence-corrected chi connectivity index (χ0v) is 7.77. The molecule has 0 atom stereocenters. The molecular formula is C7H10N2O2S. The lowest BCUT2D eigenvalue weighted by Gasteiger charge is -1.89. The highest BCUT2D eigenvalue weighted by atomic mass is 32.2. The van der Waals surface area contributed by atoms with Crippen molar-refractivity contribution in [2.24, 2.45) is 5.73 Å². The van der Waals surface area contributed by atoms with E-state index in [1.165, 1.54) is 11.8 Å². The van der Waals surface area contributed by atoms with Crippen molar-refractivity contribution in [3.63, 3.8) is 0 Å². The van der Waals surface area contributed by atoms with E-state index < -0.39 is 0 Å². The Kier molecular flexibility index (Phi) is 2.75. The van der Waals surface area contributed by atoms with Crippen molar-refractivity contribution in [2.75, 3.05) is 5.75 Å². The second-order valence-corrected chi connectivity index (χ2v) is 3.30. The number of hydrogen-bond donors (Lipinski definition) is 1. The van der Waals surface area contributed by atoms with Gasteiger partial charge in [0.1, 0.15) is 5.76 Å². The van der Waals surface area contributed by atoms with Crippen LogP contribution in [0, 0.1) is 13.8 Å². The maximum Gasteiger partial charge on any atom is 0.256 e. The third kappa shape index (κ3) is 2.27. The monoisotopic (exact) mass is 186 g/mol. The third-order valence-corrected chi connectivity index (χ3v) is 2.20. The molecule has 0 fully saturated rings. The van der Waals surface area contributed by atoms with Gasteiger partial charge in [-0.1, -0.05) is 11.8 Å². The van der Waals surface area contributed by atoms with Crippen LogP contribution in [0.1, 0.15) is 11.5 Å². The van der Waals surface area contributed by atoms with Crippen molar-refractivity contribution >= 4 is 17.7 Å². The summed E-state index contributed by atoms with van der Waals surface area (Å²) in [6, 6.07) is 0. The molecule has 0 aliphatic carbocycles. The van der Waals surface area contributed by atoms with E-state index in [4.69, 9.17) is 10.2 Å². The number of rotatable bonds is 3. The second-order valence-electron chi connectivity index (χ2n) is 2.38. The SMILES string of the molecule is Cc1nc(SCC(N)=O)oc1C. The second kappa shape index (κ2) is 3.62. The number of thioether (sulfide) groups is 1. The van der Waals surface area contributed by atoms with Crippen LogP contribution in [-0.2, 0) is 4.79 Å². The lowest BCUT2D eigenvalue weighted by molar-refractivity contribution is -0.115. The highest BCUT2D eigenvalue weighted by Crippen LogP contribution is 2.19. The molecule has 0 saturated heterocycles. The number of nitrogens with zero attached hydrogens (tertiary/aromatic N) is 1. The first-order valence-electron chi connectivity index (χ1n) is 3.44. The van der Waals surface area contributed by atoms with Crippen molar-refractivity contribution < 1.29 is 9.21 Å². The van der Waals surface area contributed by atoms with Crippen LogP contribution in [0.4, 0.5) is 0 Å². The van der Waals surface area contributed by atoms with E-state index in [9.17, 15) is 4.79 Å². The van der Waals surface area contributed by atoms with Crippen molar-refractivity contribution in [1.29, 1.82) is 0 Å². The molecule has 12 heavy (non-hydrogen) atoms. The standard InChI is InChI=1S/C7H10N2O2S/c1-4-5(2)11-7(9-4)12-3-6(8)10/h3H2,1-2H3,(H2,8,10). The molecule has 1 aromatic rings. The zero-order chi connectivity index (χ0) is 9.14. The number of aromatic nitrogens is 1. The molecule has 0 aromatic carbocycles. The number of aryl methyl sites for hydroxylation is 2. The number of carbonyl (C=O) groups excluding carboxylic acids is 1. The Morgan fingerprint density at radius 3 is 2.75 bits per heavy atom. The van der Waals surface area contributed by atoms with Gasteiger partial charge in [0.2, 0.25) is 5.91 Å². The average Bonchev–Trinajstić information content (AvgIpc) is 2.28. The van der Waals surface area contributed by atoms with Gasteiger partial charge in [0, 0.05) is 0 Å². The van der Waals surface area contributed by atoms with E-state index in [1.807, 2.05) is 13.8 Å². The minimum Gasteiger partial charge on any atom is -0.437 e. The molecule has 0 radical (unpaired) electrons. The van der Waals surface area contributed by atoms with E-state index in [-0.39, 0.29) is 11.7 Å². The van der Waals surface area contributed by atoms with Gasteiger partial charge in [0.05, 0.1) is 11.4 Å². The minimum atomic E-state index is -0.367. The molecule has 2 N–H and O–H groups in total. The Balaban J connectivity index is 2.58. The molecule has 1 amide bonds. The molecule has 0 aliphatic heterocycles. The Morgan fingerprint density at radius 2 is 2.33 bits per heavy atom. The predicted octanol–water partition coefficient (Wildman–Crippen LogP) is 0.869. The smallest absolute Gasteiger partial charge is 0.256 e. The third-order valence-electron chi connectivity index (χ3n) is 1.35. The van der Waals surface area contributed by atoms with Crippen LogP contribution in [0.3, 0.4) is 0 Å². The van der Waals surface area contributed by atoms with Gasteiger partial charge in [0.15, 0.2) is 0 Å². The molecule has 0 aliphatic rings. The predicted molar refractivity (Wildman–Crippen MR) is 45.9 cm³/mol. The number of amides is 1. The summed E-state index contributed by atoms with van der Waals surface area (Å²) in [4.78, 5) is 14.5. The molecule has 66 valence electrons. The fourth-order valence-corrected chi connectivity index (χ4v) is 1.29. The zero-order valence-electron chi connectivity index (χ0n) is 6.96. The van der Waals surface area contributed by atoms with Crippen LogP contribution in [0.2, 0.25) is 0 Å². The van der Waals surface area contributed by atoms with Gasteiger partial charge in [-0.05, 0) is 13.8 Å². The molecule has 0 spiro atoms. The quantitative estimate of drug-likeness (QED) is 0.711. The summed E-state index contributed by atoms with van der Waals surface area (Å²) in [6.07, 6.45) is 0. The summed E-state index contributed by atoms with van der Waals surface area (Å²) < 4.78 is 5.21. The molecule has 1 heterocycles. The van der Waals surface area contributed by atoms with Gasteiger partial charge in [0.25, 0.3) is 5.22 Å². The Labute approximate surface area is 74.5 Å². The number of nitrogens with two attached hydrogens (primary N) is 1. The highest BCUT2D eigenvalue weighted by molar-refractivity contribution is 7.99. The van der Waals surface area contributed by atoms with Gasteiger partial charge in [-0.15, -0.1) is 0 Å². The summed E-state index contributed by atoms with van der Waals surface area (Å²) in [7, 11) is 0. The average molecular weight is 186 g/mol. The van der Waals surface area contributed by atoms with Crippen LogP contribution in [0.25, 0.3) is 0 Å². The van der Waals surface area contributed by atoms with Crippen molar-refractivity contribution in [3.05, 3.63) is 11.5 Å². The van der Waals surface area contributed by atoms with E-state index in [2.05, 4.69) is 4.98 Å². The minimum absolute atomic E-state index is 0.208. The summed E-state index contributed by atoms with van der Waals surface area (Å²) in [5, 5.41) is 0.504. The van der Waals surface area contributed by atoms with E-state index in [0.29, 0.717) is 5.22 Å². The van der Waals surface area contributed by atoms with Gasteiger partial charge in [-0.25, -0.2) is 4.98 Å².